The van der Waals surface area contributed by atoms with Crippen molar-refractivity contribution < 1.29 is 19.1 Å². The molecular weight excluding hydrogens is 316 g/mol. The third-order valence-corrected chi connectivity index (χ3v) is 3.72. The Morgan fingerprint density at radius 2 is 1.91 bits per heavy atom. The molecule has 0 fully saturated rings. The summed E-state index contributed by atoms with van der Waals surface area (Å²) >= 11 is 1.54. The molecule has 0 bridgehead atoms. The zero-order chi connectivity index (χ0) is 16.8. The van der Waals surface area contributed by atoms with Crippen molar-refractivity contribution in [3.8, 4) is 11.5 Å². The largest absolute Gasteiger partial charge is 0.493 e. The molecule has 0 radical (unpaired) electrons. The van der Waals surface area contributed by atoms with Crippen molar-refractivity contribution >= 4 is 34.9 Å². The van der Waals surface area contributed by atoms with Gasteiger partial charge in [-0.25, -0.2) is 0 Å². The van der Waals surface area contributed by atoms with Crippen LogP contribution in [0.25, 0.3) is 6.08 Å². The Morgan fingerprint density at radius 3 is 2.48 bits per heavy atom. The van der Waals surface area contributed by atoms with E-state index in [1.807, 2.05) is 16.8 Å². The molecule has 23 heavy (non-hydrogen) atoms. The number of nitrogens with two attached hydrogens (primary N) is 1. The molecule has 0 saturated heterocycles. The van der Waals surface area contributed by atoms with Crippen LogP contribution in [-0.2, 0) is 4.79 Å². The van der Waals surface area contributed by atoms with Crippen LogP contribution < -0.4 is 20.5 Å². The van der Waals surface area contributed by atoms with E-state index in [2.05, 4.69) is 5.32 Å². The topological polar surface area (TPSA) is 90.6 Å². The minimum atomic E-state index is -0.678. The number of methoxy groups -OCH3 is 2. The molecule has 0 unspecified atom stereocenters. The number of primary amides is 1. The standard InChI is InChI=1S/C16H16N2O4S/c1-21-13-7-11(16(17)20)12(8-14(13)22-2)18-15(19)4-3-10-5-6-23-9-10/h3-9H,1-2H3,(H2,17,20)(H,18,19). The number of rotatable bonds is 6. The molecule has 2 rings (SSSR count). The lowest BCUT2D eigenvalue weighted by Gasteiger charge is -2.13. The van der Waals surface area contributed by atoms with Gasteiger partial charge in [0.1, 0.15) is 0 Å². The molecule has 0 aliphatic carbocycles. The number of benzene rings is 1. The lowest BCUT2D eigenvalue weighted by Crippen LogP contribution is -2.17. The van der Waals surface area contributed by atoms with Crippen molar-refractivity contribution in [2.45, 2.75) is 0 Å². The highest BCUT2D eigenvalue weighted by molar-refractivity contribution is 7.08. The minimum absolute atomic E-state index is 0.139. The minimum Gasteiger partial charge on any atom is -0.493 e. The number of amides is 2. The lowest BCUT2D eigenvalue weighted by atomic mass is 10.1. The molecule has 3 N–H and O–H groups in total. The van der Waals surface area contributed by atoms with Crippen molar-refractivity contribution in [2.75, 3.05) is 19.5 Å². The maximum absolute atomic E-state index is 12.0. The fourth-order valence-electron chi connectivity index (χ4n) is 1.90. The average molecular weight is 332 g/mol. The van der Waals surface area contributed by atoms with Crippen molar-refractivity contribution in [1.29, 1.82) is 0 Å². The lowest BCUT2D eigenvalue weighted by molar-refractivity contribution is -0.111. The highest BCUT2D eigenvalue weighted by atomic mass is 32.1. The average Bonchev–Trinajstić information content (AvgIpc) is 3.05. The van der Waals surface area contributed by atoms with E-state index < -0.39 is 5.91 Å². The Balaban J connectivity index is 2.27. The number of thiophene rings is 1. The summed E-state index contributed by atoms with van der Waals surface area (Å²) in [6.07, 6.45) is 3.06. The number of anilines is 1. The third kappa shape index (κ3) is 4.10. The van der Waals surface area contributed by atoms with Gasteiger partial charge in [-0.2, -0.15) is 11.3 Å². The van der Waals surface area contributed by atoms with E-state index in [1.165, 1.54) is 43.8 Å². The summed E-state index contributed by atoms with van der Waals surface area (Å²) in [7, 11) is 2.91. The summed E-state index contributed by atoms with van der Waals surface area (Å²) in [4.78, 5) is 23.6. The smallest absolute Gasteiger partial charge is 0.250 e. The van der Waals surface area contributed by atoms with Gasteiger partial charge in [0.05, 0.1) is 25.5 Å². The summed E-state index contributed by atoms with van der Waals surface area (Å²) in [6, 6.07) is 4.81. The van der Waals surface area contributed by atoms with Gasteiger partial charge in [0, 0.05) is 12.1 Å². The van der Waals surface area contributed by atoms with E-state index in [-0.39, 0.29) is 17.2 Å². The van der Waals surface area contributed by atoms with E-state index in [1.54, 1.807) is 6.08 Å². The van der Waals surface area contributed by atoms with Crippen molar-refractivity contribution in [2.24, 2.45) is 5.73 Å². The zero-order valence-corrected chi connectivity index (χ0v) is 13.5. The van der Waals surface area contributed by atoms with Gasteiger partial charge in [0.15, 0.2) is 11.5 Å². The summed E-state index contributed by atoms with van der Waals surface area (Å²) in [6.45, 7) is 0. The maximum atomic E-state index is 12.0. The van der Waals surface area contributed by atoms with Crippen molar-refractivity contribution in [3.63, 3.8) is 0 Å². The monoisotopic (exact) mass is 332 g/mol. The van der Waals surface area contributed by atoms with Crippen LogP contribution >= 0.6 is 11.3 Å². The quantitative estimate of drug-likeness (QED) is 0.795. The van der Waals surface area contributed by atoms with Gasteiger partial charge in [-0.3, -0.25) is 9.59 Å². The molecule has 1 aromatic carbocycles. The van der Waals surface area contributed by atoms with E-state index in [0.29, 0.717) is 11.5 Å². The van der Waals surface area contributed by atoms with Gasteiger partial charge < -0.3 is 20.5 Å². The molecule has 120 valence electrons. The highest BCUT2D eigenvalue weighted by Crippen LogP contribution is 2.33. The summed E-state index contributed by atoms with van der Waals surface area (Å²) in [5.74, 6) is -0.322. The number of hydrogen-bond acceptors (Lipinski definition) is 5. The van der Waals surface area contributed by atoms with Gasteiger partial charge in [0.25, 0.3) is 5.91 Å². The molecule has 7 heteroatoms. The molecule has 1 heterocycles. The van der Waals surface area contributed by atoms with Crippen LogP contribution in [0.1, 0.15) is 15.9 Å². The van der Waals surface area contributed by atoms with Crippen LogP contribution in [0.3, 0.4) is 0 Å². The Kier molecular flexibility index (Phi) is 5.37. The molecule has 2 amide bonds. The van der Waals surface area contributed by atoms with E-state index in [9.17, 15) is 9.59 Å². The summed E-state index contributed by atoms with van der Waals surface area (Å²) < 4.78 is 10.3. The first-order chi connectivity index (χ1) is 11.0. The van der Waals surface area contributed by atoms with E-state index >= 15 is 0 Å². The predicted octanol–water partition coefficient (Wildman–Crippen LogP) is 2.52. The van der Waals surface area contributed by atoms with E-state index in [0.717, 1.165) is 5.56 Å². The van der Waals surface area contributed by atoms with Crippen LogP contribution in [0.4, 0.5) is 5.69 Å². The number of ether oxygens (including phenoxy) is 2. The first kappa shape index (κ1) is 16.6. The molecule has 0 saturated carbocycles. The number of nitrogens with one attached hydrogen (secondary N) is 1. The fourth-order valence-corrected chi connectivity index (χ4v) is 2.53. The second kappa shape index (κ2) is 7.46. The number of hydrogen-bond donors (Lipinski definition) is 2. The van der Waals surface area contributed by atoms with Crippen LogP contribution in [0.2, 0.25) is 0 Å². The Morgan fingerprint density at radius 1 is 1.22 bits per heavy atom. The molecule has 1 aromatic heterocycles. The van der Waals surface area contributed by atoms with E-state index in [4.69, 9.17) is 15.2 Å². The van der Waals surface area contributed by atoms with Crippen molar-refractivity contribution in [1.82, 2.24) is 0 Å². The van der Waals surface area contributed by atoms with Crippen LogP contribution in [0.5, 0.6) is 11.5 Å². The Bertz CT molecular complexity index is 739. The molecule has 0 atom stereocenters. The van der Waals surface area contributed by atoms with Gasteiger partial charge in [-0.1, -0.05) is 0 Å². The second-order valence-corrected chi connectivity index (χ2v) is 5.28. The molecule has 0 aliphatic heterocycles. The number of carbonyl (C=O) groups excluding carboxylic acids is 2. The molecule has 0 aliphatic rings. The molecular formula is C16H16N2O4S. The maximum Gasteiger partial charge on any atom is 0.250 e. The first-order valence-electron chi connectivity index (χ1n) is 6.62. The highest BCUT2D eigenvalue weighted by Gasteiger charge is 2.16. The van der Waals surface area contributed by atoms with Crippen LogP contribution in [0.15, 0.2) is 35.0 Å². The van der Waals surface area contributed by atoms with Gasteiger partial charge in [-0.15, -0.1) is 0 Å². The predicted molar refractivity (Wildman–Crippen MR) is 90.0 cm³/mol. The van der Waals surface area contributed by atoms with Gasteiger partial charge in [-0.05, 0) is 34.5 Å². The van der Waals surface area contributed by atoms with Gasteiger partial charge >= 0.3 is 0 Å². The van der Waals surface area contributed by atoms with Crippen LogP contribution in [-0.4, -0.2) is 26.0 Å². The molecule has 6 nitrogen and oxygen atoms in total. The fraction of sp³-hybridized carbons (Fsp3) is 0.125. The first-order valence-corrected chi connectivity index (χ1v) is 7.56. The van der Waals surface area contributed by atoms with Crippen molar-refractivity contribution in [3.05, 3.63) is 46.2 Å². The molecule has 0 spiro atoms. The number of carbonyl (C=O) groups is 2. The SMILES string of the molecule is COc1cc(NC(=O)C=Cc2ccsc2)c(C(N)=O)cc1OC. The Hall–Kier alpha value is -2.80. The summed E-state index contributed by atoms with van der Waals surface area (Å²) in [5.41, 5.74) is 6.68. The normalized spacial score (nSPS) is 10.5. The van der Waals surface area contributed by atoms with Gasteiger partial charge in [0.2, 0.25) is 5.91 Å². The second-order valence-electron chi connectivity index (χ2n) is 4.50. The zero-order valence-electron chi connectivity index (χ0n) is 12.7. The summed E-state index contributed by atoms with van der Waals surface area (Å²) in [5, 5.41) is 6.45. The Labute approximate surface area is 137 Å². The molecule has 2 aromatic rings. The van der Waals surface area contributed by atoms with Crippen LogP contribution in [0, 0.1) is 0 Å². The third-order valence-electron chi connectivity index (χ3n) is 3.02.